The summed E-state index contributed by atoms with van der Waals surface area (Å²) in [4.78, 5) is 28.0. The molecule has 0 saturated heterocycles. The van der Waals surface area contributed by atoms with Crippen molar-refractivity contribution >= 4 is 24.0 Å². The number of carbonyl (C=O) groups excluding carboxylic acids is 1. The molecule has 1 heterocycles. The normalized spacial score (nSPS) is 15.1. The second kappa shape index (κ2) is 11.7. The predicted molar refractivity (Wildman–Crippen MR) is 149 cm³/mol. The van der Waals surface area contributed by atoms with E-state index in [0.29, 0.717) is 22.3 Å². The van der Waals surface area contributed by atoms with Gasteiger partial charge in [0.1, 0.15) is 11.8 Å². The fourth-order valence-corrected chi connectivity index (χ4v) is 5.20. The lowest BCUT2D eigenvalue weighted by atomic mass is 9.85. The summed E-state index contributed by atoms with van der Waals surface area (Å²) in [5.74, 6) is -2.84. The van der Waals surface area contributed by atoms with Crippen LogP contribution in [0, 0.1) is 0 Å². The first-order valence-corrected chi connectivity index (χ1v) is 13.0. The molecular formula is C33H26F3NO4. The van der Waals surface area contributed by atoms with Crippen LogP contribution in [-0.4, -0.2) is 34.3 Å². The van der Waals surface area contributed by atoms with Crippen LogP contribution in [0.1, 0.15) is 39.3 Å². The van der Waals surface area contributed by atoms with E-state index in [1.165, 1.54) is 23.1 Å². The quantitative estimate of drug-likeness (QED) is 0.251. The lowest BCUT2D eigenvalue weighted by Crippen LogP contribution is -2.50. The Bertz CT molecular complexity index is 1510. The summed E-state index contributed by atoms with van der Waals surface area (Å²) >= 11 is 0. The van der Waals surface area contributed by atoms with Crippen molar-refractivity contribution in [2.24, 2.45) is 0 Å². The van der Waals surface area contributed by atoms with Gasteiger partial charge in [-0.2, -0.15) is 0 Å². The second-order valence-corrected chi connectivity index (χ2v) is 9.69. The number of alkyl halides is 3. The van der Waals surface area contributed by atoms with Crippen molar-refractivity contribution < 1.29 is 32.6 Å². The molecule has 1 N–H and O–H groups in total. The maximum Gasteiger partial charge on any atom is 0.573 e. The number of ether oxygens (including phenoxy) is 1. The summed E-state index contributed by atoms with van der Waals surface area (Å²) in [7, 11) is 0. The van der Waals surface area contributed by atoms with Crippen LogP contribution in [0.2, 0.25) is 0 Å². The van der Waals surface area contributed by atoms with Gasteiger partial charge in [-0.05, 0) is 33.9 Å². The summed E-state index contributed by atoms with van der Waals surface area (Å²) in [6, 6.07) is 28.6. The Labute approximate surface area is 235 Å². The van der Waals surface area contributed by atoms with Crippen molar-refractivity contribution in [1.82, 2.24) is 4.90 Å². The third kappa shape index (κ3) is 6.32. The zero-order chi connectivity index (χ0) is 29.0. The number of rotatable bonds is 7. The fraction of sp³-hybridized carbons (Fsp3) is 0.152. The van der Waals surface area contributed by atoms with Gasteiger partial charge >= 0.3 is 12.3 Å². The average Bonchev–Trinajstić information content (AvgIpc) is 2.97. The molecule has 5 rings (SSSR count). The Morgan fingerprint density at radius 2 is 1.39 bits per heavy atom. The highest BCUT2D eigenvalue weighted by molar-refractivity contribution is 5.91. The number of carboxylic acid groups (broad SMARTS) is 1. The Balaban J connectivity index is 1.58. The van der Waals surface area contributed by atoms with Crippen LogP contribution in [0.15, 0.2) is 103 Å². The summed E-state index contributed by atoms with van der Waals surface area (Å²) in [6.45, 7) is -0.0836. The van der Waals surface area contributed by atoms with E-state index >= 15 is 0 Å². The van der Waals surface area contributed by atoms with Gasteiger partial charge in [-0.25, -0.2) is 4.79 Å². The molecule has 0 radical (unpaired) electrons. The zero-order valence-electron chi connectivity index (χ0n) is 21.8. The third-order valence-corrected chi connectivity index (χ3v) is 7.08. The fourth-order valence-electron chi connectivity index (χ4n) is 5.20. The molecule has 5 nitrogen and oxygen atoms in total. The predicted octanol–water partition coefficient (Wildman–Crippen LogP) is 6.93. The van der Waals surface area contributed by atoms with E-state index in [2.05, 4.69) is 4.74 Å². The van der Waals surface area contributed by atoms with Crippen LogP contribution >= 0.6 is 0 Å². The number of fused-ring (bicyclic) bond motifs is 1. The standard InChI is InChI=1S/C33H26F3NO4/c34-33(35,36)41-29-19-17-25-21-37(31(38)30(23-12-6-2-7-13-23)24-14-8-3-9-15-24)28(32(39)40)20-27(25)26(29)18-16-22-10-4-1-5-11-22/h1-19,28,30H,20-21H2,(H,39,40)/b18-16+. The minimum absolute atomic E-state index is 0.0836. The first-order valence-electron chi connectivity index (χ1n) is 13.0. The van der Waals surface area contributed by atoms with Gasteiger partial charge in [0.2, 0.25) is 5.91 Å². The smallest absolute Gasteiger partial charge is 0.480 e. The maximum atomic E-state index is 14.1. The Hall–Kier alpha value is -4.85. The van der Waals surface area contributed by atoms with E-state index in [9.17, 15) is 27.9 Å². The van der Waals surface area contributed by atoms with Gasteiger partial charge in [0.05, 0.1) is 5.92 Å². The highest BCUT2D eigenvalue weighted by Crippen LogP contribution is 2.38. The van der Waals surface area contributed by atoms with Crippen molar-refractivity contribution in [3.8, 4) is 5.75 Å². The third-order valence-electron chi connectivity index (χ3n) is 7.08. The molecular weight excluding hydrogens is 531 g/mol. The van der Waals surface area contributed by atoms with E-state index in [0.717, 1.165) is 5.56 Å². The van der Waals surface area contributed by atoms with Crippen molar-refractivity contribution in [2.75, 3.05) is 0 Å². The van der Waals surface area contributed by atoms with E-state index in [-0.39, 0.29) is 18.5 Å². The largest absolute Gasteiger partial charge is 0.573 e. The summed E-state index contributed by atoms with van der Waals surface area (Å²) < 4.78 is 44.3. The molecule has 4 aromatic rings. The summed E-state index contributed by atoms with van der Waals surface area (Å²) in [6.07, 6.45) is -1.98. The summed E-state index contributed by atoms with van der Waals surface area (Å²) in [5, 5.41) is 10.2. The lowest BCUT2D eigenvalue weighted by Gasteiger charge is -2.37. The molecule has 1 aliphatic rings. The van der Waals surface area contributed by atoms with Crippen LogP contribution in [0.5, 0.6) is 5.75 Å². The van der Waals surface area contributed by atoms with Crippen LogP contribution in [0.25, 0.3) is 12.2 Å². The molecule has 41 heavy (non-hydrogen) atoms. The first kappa shape index (κ1) is 27.7. The van der Waals surface area contributed by atoms with Crippen LogP contribution < -0.4 is 4.74 Å². The average molecular weight is 558 g/mol. The Kier molecular flexibility index (Phi) is 7.92. The number of aliphatic carboxylic acids is 1. The van der Waals surface area contributed by atoms with Crippen molar-refractivity contribution in [2.45, 2.75) is 31.3 Å². The zero-order valence-corrected chi connectivity index (χ0v) is 21.8. The van der Waals surface area contributed by atoms with E-state index in [1.807, 2.05) is 66.7 Å². The molecule has 0 aliphatic carbocycles. The molecule has 1 aliphatic heterocycles. The van der Waals surface area contributed by atoms with Crippen molar-refractivity contribution in [3.63, 3.8) is 0 Å². The van der Waals surface area contributed by atoms with Gasteiger partial charge in [-0.15, -0.1) is 13.2 Å². The number of carboxylic acids is 1. The Morgan fingerprint density at radius 1 is 0.829 bits per heavy atom. The molecule has 208 valence electrons. The molecule has 0 aromatic heterocycles. The number of nitrogens with zero attached hydrogens (tertiary/aromatic N) is 1. The number of benzene rings is 4. The number of hydrogen-bond donors (Lipinski definition) is 1. The van der Waals surface area contributed by atoms with Gasteiger partial charge in [0.15, 0.2) is 0 Å². The monoisotopic (exact) mass is 557 g/mol. The van der Waals surface area contributed by atoms with Gasteiger partial charge < -0.3 is 14.7 Å². The number of hydrogen-bond acceptors (Lipinski definition) is 3. The highest BCUT2D eigenvalue weighted by Gasteiger charge is 2.40. The number of amides is 1. The molecule has 8 heteroatoms. The minimum Gasteiger partial charge on any atom is -0.480 e. The van der Waals surface area contributed by atoms with E-state index in [1.54, 1.807) is 30.3 Å². The molecule has 0 bridgehead atoms. The lowest BCUT2D eigenvalue weighted by molar-refractivity contribution is -0.274. The second-order valence-electron chi connectivity index (χ2n) is 9.69. The number of carbonyl (C=O) groups is 2. The molecule has 1 amide bonds. The Morgan fingerprint density at radius 3 is 1.93 bits per heavy atom. The topological polar surface area (TPSA) is 66.8 Å². The van der Waals surface area contributed by atoms with Gasteiger partial charge in [-0.1, -0.05) is 109 Å². The van der Waals surface area contributed by atoms with Gasteiger partial charge in [0, 0.05) is 18.5 Å². The highest BCUT2D eigenvalue weighted by atomic mass is 19.4. The van der Waals surface area contributed by atoms with Crippen LogP contribution in [0.4, 0.5) is 13.2 Å². The molecule has 1 unspecified atom stereocenters. The van der Waals surface area contributed by atoms with Crippen molar-refractivity contribution in [3.05, 3.63) is 137 Å². The summed E-state index contributed by atoms with van der Waals surface area (Å²) in [5.41, 5.74) is 3.24. The van der Waals surface area contributed by atoms with Gasteiger partial charge in [0.25, 0.3) is 0 Å². The molecule has 0 spiro atoms. The molecule has 1 atom stereocenters. The van der Waals surface area contributed by atoms with Crippen LogP contribution in [-0.2, 0) is 22.6 Å². The van der Waals surface area contributed by atoms with E-state index < -0.39 is 35.9 Å². The first-order chi connectivity index (χ1) is 19.7. The molecule has 4 aromatic carbocycles. The molecule has 0 saturated carbocycles. The molecule has 0 fully saturated rings. The van der Waals surface area contributed by atoms with Crippen LogP contribution in [0.3, 0.4) is 0 Å². The number of halogens is 3. The van der Waals surface area contributed by atoms with Gasteiger partial charge in [-0.3, -0.25) is 4.79 Å². The maximum absolute atomic E-state index is 14.1. The van der Waals surface area contributed by atoms with Crippen molar-refractivity contribution in [1.29, 1.82) is 0 Å². The minimum atomic E-state index is -4.94. The SMILES string of the molecule is O=C(O)C1Cc2c(ccc(OC(F)(F)F)c2/C=C/c2ccccc2)CN1C(=O)C(c1ccccc1)c1ccccc1. The van der Waals surface area contributed by atoms with E-state index in [4.69, 9.17) is 0 Å².